The molecule has 0 unspecified atom stereocenters. The van der Waals surface area contributed by atoms with Crippen LogP contribution in [0.1, 0.15) is 11.1 Å². The van der Waals surface area contributed by atoms with Crippen molar-refractivity contribution in [1.29, 1.82) is 0 Å². The van der Waals surface area contributed by atoms with E-state index >= 15 is 0 Å². The van der Waals surface area contributed by atoms with Gasteiger partial charge in [0.05, 0.1) is 34.1 Å². The Labute approximate surface area is 205 Å². The summed E-state index contributed by atoms with van der Waals surface area (Å²) in [7, 11) is 4.01. The molecule has 0 bridgehead atoms. The van der Waals surface area contributed by atoms with E-state index < -0.39 is 0 Å². The second kappa shape index (κ2) is 11.1. The smallest absolute Gasteiger partial charge is 0.0887 e. The Bertz CT molecular complexity index is 1350. The first kappa shape index (κ1) is 23.6. The standard InChI is InChI=1S/C28H27N7/c1-20-5-7-22(8-6-20)29-30-23-9-11-24(12-10-23)32-34-28-18-15-26(19-21(28)2)33-31-25-13-16-27(17-14-25)35(3)4/h5-19H,1-4H3. The SMILES string of the molecule is Cc1ccc(N=Nc2ccc(N=Nc3ccc(N=Nc4ccc(N(C)C)cc4)cc3C)cc2)cc1. The number of azo groups is 3. The minimum atomic E-state index is 0.739. The Morgan fingerprint density at radius 3 is 1.34 bits per heavy atom. The quantitative estimate of drug-likeness (QED) is 0.252. The number of nitrogens with zero attached hydrogens (tertiary/aromatic N) is 7. The average molecular weight is 462 g/mol. The molecule has 0 aliphatic carbocycles. The van der Waals surface area contributed by atoms with Crippen molar-refractivity contribution in [2.24, 2.45) is 30.7 Å². The molecule has 4 aromatic rings. The monoisotopic (exact) mass is 461 g/mol. The van der Waals surface area contributed by atoms with E-state index in [0.29, 0.717) is 0 Å². The molecule has 0 heterocycles. The Hall–Kier alpha value is -4.52. The summed E-state index contributed by atoms with van der Waals surface area (Å²) in [6.45, 7) is 4.02. The summed E-state index contributed by atoms with van der Waals surface area (Å²) in [4.78, 5) is 2.05. The summed E-state index contributed by atoms with van der Waals surface area (Å²) in [5.41, 5.74) is 7.95. The fourth-order valence-corrected chi connectivity index (χ4v) is 3.17. The van der Waals surface area contributed by atoms with Crippen molar-refractivity contribution in [3.8, 4) is 0 Å². The van der Waals surface area contributed by atoms with Crippen molar-refractivity contribution in [2.75, 3.05) is 19.0 Å². The van der Waals surface area contributed by atoms with Gasteiger partial charge >= 0.3 is 0 Å². The number of hydrogen-bond donors (Lipinski definition) is 0. The molecule has 0 aliphatic heterocycles. The summed E-state index contributed by atoms with van der Waals surface area (Å²) < 4.78 is 0. The van der Waals surface area contributed by atoms with Gasteiger partial charge in [-0.2, -0.15) is 30.7 Å². The van der Waals surface area contributed by atoms with Crippen LogP contribution in [0.2, 0.25) is 0 Å². The Morgan fingerprint density at radius 1 is 0.457 bits per heavy atom. The Balaban J connectivity index is 1.38. The lowest BCUT2D eigenvalue weighted by molar-refractivity contribution is 1.13. The zero-order valence-electron chi connectivity index (χ0n) is 20.3. The molecular formula is C28H27N7. The van der Waals surface area contributed by atoms with Gasteiger partial charge < -0.3 is 4.90 Å². The van der Waals surface area contributed by atoms with Crippen LogP contribution in [0.15, 0.2) is 122 Å². The molecule has 0 aromatic heterocycles. The highest BCUT2D eigenvalue weighted by atomic mass is 15.1. The van der Waals surface area contributed by atoms with Gasteiger partial charge in [-0.3, -0.25) is 0 Å². The molecule has 0 N–H and O–H groups in total. The predicted molar refractivity (Wildman–Crippen MR) is 142 cm³/mol. The van der Waals surface area contributed by atoms with E-state index in [1.165, 1.54) is 5.56 Å². The number of benzene rings is 4. The molecule has 7 heteroatoms. The third-order valence-corrected chi connectivity index (χ3v) is 5.27. The van der Waals surface area contributed by atoms with E-state index in [4.69, 9.17) is 0 Å². The Morgan fingerprint density at radius 2 is 0.857 bits per heavy atom. The molecule has 174 valence electrons. The predicted octanol–water partition coefficient (Wildman–Crippen LogP) is 9.62. The number of anilines is 1. The number of aryl methyl sites for hydroxylation is 2. The molecule has 4 rings (SSSR count). The van der Waals surface area contributed by atoms with E-state index in [1.807, 2.05) is 124 Å². The summed E-state index contributed by atoms with van der Waals surface area (Å²) in [5, 5.41) is 25.9. The average Bonchev–Trinajstić information content (AvgIpc) is 2.87. The molecule has 0 saturated carbocycles. The molecule has 0 radical (unpaired) electrons. The van der Waals surface area contributed by atoms with Gasteiger partial charge in [-0.1, -0.05) is 17.7 Å². The maximum Gasteiger partial charge on any atom is 0.0887 e. The van der Waals surface area contributed by atoms with Crippen molar-refractivity contribution < 1.29 is 0 Å². The molecule has 0 fully saturated rings. The van der Waals surface area contributed by atoms with Gasteiger partial charge in [-0.05, 0) is 98.3 Å². The zero-order chi connectivity index (χ0) is 24.6. The minimum Gasteiger partial charge on any atom is -0.378 e. The number of hydrogen-bond acceptors (Lipinski definition) is 7. The van der Waals surface area contributed by atoms with Gasteiger partial charge in [0.25, 0.3) is 0 Å². The highest BCUT2D eigenvalue weighted by Crippen LogP contribution is 2.28. The van der Waals surface area contributed by atoms with Crippen LogP contribution in [0.5, 0.6) is 0 Å². The molecule has 0 spiro atoms. The first-order valence-corrected chi connectivity index (χ1v) is 11.3. The van der Waals surface area contributed by atoms with E-state index in [2.05, 4.69) is 30.7 Å². The maximum atomic E-state index is 4.39. The molecule has 4 aromatic carbocycles. The molecule has 0 saturated heterocycles. The van der Waals surface area contributed by atoms with Crippen molar-refractivity contribution in [1.82, 2.24) is 0 Å². The molecule has 0 atom stereocenters. The van der Waals surface area contributed by atoms with Crippen LogP contribution in [0.25, 0.3) is 0 Å². The van der Waals surface area contributed by atoms with Crippen LogP contribution in [-0.2, 0) is 0 Å². The van der Waals surface area contributed by atoms with Crippen LogP contribution < -0.4 is 4.90 Å². The third-order valence-electron chi connectivity index (χ3n) is 5.27. The first-order chi connectivity index (χ1) is 17.0. The summed E-state index contributed by atoms with van der Waals surface area (Å²) in [6.07, 6.45) is 0. The minimum absolute atomic E-state index is 0.739. The fourth-order valence-electron chi connectivity index (χ4n) is 3.17. The zero-order valence-corrected chi connectivity index (χ0v) is 20.3. The summed E-state index contributed by atoms with van der Waals surface area (Å²) >= 11 is 0. The lowest BCUT2D eigenvalue weighted by Gasteiger charge is -2.11. The topological polar surface area (TPSA) is 77.4 Å². The van der Waals surface area contributed by atoms with Gasteiger partial charge in [0.1, 0.15) is 0 Å². The van der Waals surface area contributed by atoms with E-state index in [-0.39, 0.29) is 0 Å². The number of rotatable bonds is 7. The molecule has 7 nitrogen and oxygen atoms in total. The van der Waals surface area contributed by atoms with Crippen LogP contribution in [0.4, 0.5) is 39.8 Å². The highest BCUT2D eigenvalue weighted by Gasteiger charge is 2.01. The first-order valence-electron chi connectivity index (χ1n) is 11.3. The molecular weight excluding hydrogens is 434 g/mol. The lowest BCUT2D eigenvalue weighted by Crippen LogP contribution is -2.07. The largest absolute Gasteiger partial charge is 0.378 e. The van der Waals surface area contributed by atoms with Crippen molar-refractivity contribution >= 4 is 39.8 Å². The van der Waals surface area contributed by atoms with E-state index in [9.17, 15) is 0 Å². The fraction of sp³-hybridized carbons (Fsp3) is 0.143. The normalized spacial score (nSPS) is 11.7. The second-order valence-electron chi connectivity index (χ2n) is 8.33. The lowest BCUT2D eigenvalue weighted by atomic mass is 10.2. The van der Waals surface area contributed by atoms with Gasteiger partial charge in [-0.15, -0.1) is 0 Å². The molecule has 0 aliphatic rings. The van der Waals surface area contributed by atoms with Gasteiger partial charge in [-0.25, -0.2) is 0 Å². The van der Waals surface area contributed by atoms with Gasteiger partial charge in [0, 0.05) is 19.8 Å². The van der Waals surface area contributed by atoms with E-state index in [0.717, 1.165) is 45.4 Å². The maximum absolute atomic E-state index is 4.39. The molecule has 35 heavy (non-hydrogen) atoms. The summed E-state index contributed by atoms with van der Waals surface area (Å²) in [5.74, 6) is 0. The van der Waals surface area contributed by atoms with Crippen molar-refractivity contribution in [3.63, 3.8) is 0 Å². The highest BCUT2D eigenvalue weighted by molar-refractivity contribution is 5.55. The van der Waals surface area contributed by atoms with Crippen LogP contribution >= 0.6 is 0 Å². The summed E-state index contributed by atoms with van der Waals surface area (Å²) in [6, 6.07) is 29.0. The van der Waals surface area contributed by atoms with Crippen LogP contribution in [0.3, 0.4) is 0 Å². The van der Waals surface area contributed by atoms with Gasteiger partial charge in [0.2, 0.25) is 0 Å². The Kier molecular flexibility index (Phi) is 7.47. The van der Waals surface area contributed by atoms with Gasteiger partial charge in [0.15, 0.2) is 0 Å². The second-order valence-corrected chi connectivity index (χ2v) is 8.33. The van der Waals surface area contributed by atoms with Crippen molar-refractivity contribution in [3.05, 3.63) is 102 Å². The third kappa shape index (κ3) is 6.74. The van der Waals surface area contributed by atoms with E-state index in [1.54, 1.807) is 0 Å². The van der Waals surface area contributed by atoms with Crippen LogP contribution in [0, 0.1) is 13.8 Å². The molecule has 0 amide bonds. The van der Waals surface area contributed by atoms with Crippen molar-refractivity contribution in [2.45, 2.75) is 13.8 Å². The van der Waals surface area contributed by atoms with Crippen LogP contribution in [-0.4, -0.2) is 14.1 Å².